The van der Waals surface area contributed by atoms with Gasteiger partial charge in [-0.2, -0.15) is 5.10 Å². The summed E-state index contributed by atoms with van der Waals surface area (Å²) in [7, 11) is 1.88. The molecular formula is C13H21N3O2. The van der Waals surface area contributed by atoms with Gasteiger partial charge < -0.3 is 10.1 Å². The lowest BCUT2D eigenvalue weighted by molar-refractivity contribution is 0.0886. The summed E-state index contributed by atoms with van der Waals surface area (Å²) in [5, 5.41) is 7.35. The predicted octanol–water partition coefficient (Wildman–Crippen LogP) is 1.41. The fourth-order valence-corrected chi connectivity index (χ4v) is 2.05. The van der Waals surface area contributed by atoms with Gasteiger partial charge in [0.1, 0.15) is 0 Å². The van der Waals surface area contributed by atoms with Crippen molar-refractivity contribution in [2.45, 2.75) is 45.8 Å². The summed E-state index contributed by atoms with van der Waals surface area (Å²) >= 11 is 0. The fraction of sp³-hybridized carbons (Fsp3) is 0.692. The highest BCUT2D eigenvalue weighted by Crippen LogP contribution is 2.21. The second-order valence-corrected chi connectivity index (χ2v) is 5.39. The normalized spacial score (nSPS) is 15.3. The summed E-state index contributed by atoms with van der Waals surface area (Å²) in [6, 6.07) is 0. The monoisotopic (exact) mass is 251 g/mol. The topological polar surface area (TPSA) is 56.2 Å². The van der Waals surface area contributed by atoms with E-state index in [0.717, 1.165) is 24.1 Å². The number of aryl methyl sites for hydroxylation is 1. The highest BCUT2D eigenvalue weighted by Gasteiger charge is 2.27. The van der Waals surface area contributed by atoms with Gasteiger partial charge in [-0.25, -0.2) is 0 Å². The minimum Gasteiger partial charge on any atom is -0.376 e. The van der Waals surface area contributed by atoms with Gasteiger partial charge in [0.25, 0.3) is 5.91 Å². The molecule has 0 radical (unpaired) electrons. The summed E-state index contributed by atoms with van der Waals surface area (Å²) in [5.41, 5.74) is 2.35. The molecule has 1 aromatic heterocycles. The van der Waals surface area contributed by atoms with E-state index in [1.807, 2.05) is 20.9 Å². The number of nitrogens with zero attached hydrogens (tertiary/aromatic N) is 2. The zero-order chi connectivity index (χ0) is 13.3. The molecule has 0 atom stereocenters. The molecule has 0 saturated heterocycles. The van der Waals surface area contributed by atoms with Crippen LogP contribution in [-0.2, 0) is 24.8 Å². The zero-order valence-electron chi connectivity index (χ0n) is 11.5. The van der Waals surface area contributed by atoms with E-state index in [-0.39, 0.29) is 11.4 Å². The van der Waals surface area contributed by atoms with E-state index in [9.17, 15) is 4.79 Å². The third-order valence-corrected chi connectivity index (χ3v) is 3.56. The van der Waals surface area contributed by atoms with Gasteiger partial charge in [0, 0.05) is 30.3 Å². The molecular weight excluding hydrogens is 230 g/mol. The average molecular weight is 251 g/mol. The SMILES string of the molecule is CCC(C)(C)NC(=O)c1nn(C)c2c1COCC2. The summed E-state index contributed by atoms with van der Waals surface area (Å²) < 4.78 is 7.22. The van der Waals surface area contributed by atoms with Crippen LogP contribution in [0.1, 0.15) is 48.9 Å². The maximum absolute atomic E-state index is 12.3. The third kappa shape index (κ3) is 2.41. The zero-order valence-corrected chi connectivity index (χ0v) is 11.5. The third-order valence-electron chi connectivity index (χ3n) is 3.56. The number of aromatic nitrogens is 2. The summed E-state index contributed by atoms with van der Waals surface area (Å²) in [4.78, 5) is 12.3. The number of carbonyl (C=O) groups is 1. The van der Waals surface area contributed by atoms with Gasteiger partial charge in [0.05, 0.1) is 13.2 Å². The number of hydrogen-bond acceptors (Lipinski definition) is 3. The van der Waals surface area contributed by atoms with Crippen molar-refractivity contribution < 1.29 is 9.53 Å². The first kappa shape index (κ1) is 13.1. The fourth-order valence-electron chi connectivity index (χ4n) is 2.05. The number of ether oxygens (including phenoxy) is 1. The molecule has 100 valence electrons. The van der Waals surface area contributed by atoms with Crippen LogP contribution in [0, 0.1) is 0 Å². The number of nitrogens with one attached hydrogen (secondary N) is 1. The Morgan fingerprint density at radius 1 is 1.56 bits per heavy atom. The highest BCUT2D eigenvalue weighted by molar-refractivity contribution is 5.94. The molecule has 0 saturated carbocycles. The van der Waals surface area contributed by atoms with Crippen LogP contribution in [-0.4, -0.2) is 27.8 Å². The molecule has 0 fully saturated rings. The molecule has 0 aliphatic carbocycles. The molecule has 1 aromatic rings. The van der Waals surface area contributed by atoms with E-state index in [0.29, 0.717) is 18.9 Å². The van der Waals surface area contributed by atoms with Crippen molar-refractivity contribution in [3.8, 4) is 0 Å². The van der Waals surface area contributed by atoms with Gasteiger partial charge in [-0.1, -0.05) is 6.92 Å². The molecule has 1 amide bonds. The minimum absolute atomic E-state index is 0.107. The van der Waals surface area contributed by atoms with E-state index in [1.165, 1.54) is 0 Å². The molecule has 0 spiro atoms. The first-order chi connectivity index (χ1) is 8.44. The molecule has 5 nitrogen and oxygen atoms in total. The quantitative estimate of drug-likeness (QED) is 0.883. The first-order valence-electron chi connectivity index (χ1n) is 6.39. The van der Waals surface area contributed by atoms with Gasteiger partial charge in [-0.05, 0) is 20.3 Å². The van der Waals surface area contributed by atoms with Crippen LogP contribution in [0.25, 0.3) is 0 Å². The van der Waals surface area contributed by atoms with E-state index in [4.69, 9.17) is 4.74 Å². The predicted molar refractivity (Wildman–Crippen MR) is 68.4 cm³/mol. The Hall–Kier alpha value is -1.36. The molecule has 18 heavy (non-hydrogen) atoms. The first-order valence-corrected chi connectivity index (χ1v) is 6.39. The summed E-state index contributed by atoms with van der Waals surface area (Å²) in [6.07, 6.45) is 1.70. The van der Waals surface area contributed by atoms with Crippen LogP contribution in [0.5, 0.6) is 0 Å². The van der Waals surface area contributed by atoms with Crippen LogP contribution in [0.4, 0.5) is 0 Å². The van der Waals surface area contributed by atoms with E-state index >= 15 is 0 Å². The van der Waals surface area contributed by atoms with Crippen LogP contribution in [0.3, 0.4) is 0 Å². The second kappa shape index (κ2) is 4.72. The Balaban J connectivity index is 2.26. The van der Waals surface area contributed by atoms with Crippen LogP contribution in [0.2, 0.25) is 0 Å². The molecule has 1 aliphatic heterocycles. The Labute approximate surface area is 108 Å². The van der Waals surface area contributed by atoms with Gasteiger partial charge in [-0.15, -0.1) is 0 Å². The van der Waals surface area contributed by atoms with E-state index in [1.54, 1.807) is 4.68 Å². The average Bonchev–Trinajstić information content (AvgIpc) is 2.67. The Kier molecular flexibility index (Phi) is 3.43. The maximum Gasteiger partial charge on any atom is 0.272 e. The number of rotatable bonds is 3. The molecule has 2 heterocycles. The van der Waals surface area contributed by atoms with Crippen molar-refractivity contribution in [1.29, 1.82) is 0 Å². The van der Waals surface area contributed by atoms with Crippen LogP contribution < -0.4 is 5.32 Å². The lowest BCUT2D eigenvalue weighted by Crippen LogP contribution is -2.43. The molecule has 5 heteroatoms. The van der Waals surface area contributed by atoms with Gasteiger partial charge in [0.2, 0.25) is 0 Å². The molecule has 0 unspecified atom stereocenters. The Bertz CT molecular complexity index is 463. The maximum atomic E-state index is 12.3. The largest absolute Gasteiger partial charge is 0.376 e. The number of hydrogen-bond donors (Lipinski definition) is 1. The standard InChI is InChI=1S/C13H21N3O2/c1-5-13(2,3)14-12(17)11-9-8-18-7-6-10(9)16(4)15-11/h5-8H2,1-4H3,(H,14,17). The lowest BCUT2D eigenvalue weighted by atomic mass is 10.0. The van der Waals surface area contributed by atoms with Crippen molar-refractivity contribution in [2.75, 3.05) is 6.61 Å². The van der Waals surface area contributed by atoms with Gasteiger partial charge >= 0.3 is 0 Å². The van der Waals surface area contributed by atoms with Crippen molar-refractivity contribution in [1.82, 2.24) is 15.1 Å². The van der Waals surface area contributed by atoms with E-state index in [2.05, 4.69) is 17.3 Å². The number of fused-ring (bicyclic) bond motifs is 1. The number of carbonyl (C=O) groups excluding carboxylic acids is 1. The minimum atomic E-state index is -0.211. The molecule has 1 aliphatic rings. The van der Waals surface area contributed by atoms with Gasteiger partial charge in [-0.3, -0.25) is 9.48 Å². The van der Waals surface area contributed by atoms with Crippen molar-refractivity contribution in [3.05, 3.63) is 17.0 Å². The van der Waals surface area contributed by atoms with Crippen molar-refractivity contribution in [3.63, 3.8) is 0 Å². The van der Waals surface area contributed by atoms with Crippen molar-refractivity contribution in [2.24, 2.45) is 7.05 Å². The smallest absolute Gasteiger partial charge is 0.272 e. The lowest BCUT2D eigenvalue weighted by Gasteiger charge is -2.24. The molecule has 1 N–H and O–H groups in total. The van der Waals surface area contributed by atoms with Gasteiger partial charge in [0.15, 0.2) is 5.69 Å². The van der Waals surface area contributed by atoms with Crippen LogP contribution >= 0.6 is 0 Å². The molecule has 0 aromatic carbocycles. The van der Waals surface area contributed by atoms with Crippen LogP contribution in [0.15, 0.2) is 0 Å². The second-order valence-electron chi connectivity index (χ2n) is 5.39. The molecule has 2 rings (SSSR count). The number of amides is 1. The summed E-state index contributed by atoms with van der Waals surface area (Å²) in [5.74, 6) is -0.107. The highest BCUT2D eigenvalue weighted by atomic mass is 16.5. The Morgan fingerprint density at radius 3 is 2.94 bits per heavy atom. The Morgan fingerprint density at radius 2 is 2.28 bits per heavy atom. The molecule has 0 bridgehead atoms. The van der Waals surface area contributed by atoms with Crippen molar-refractivity contribution >= 4 is 5.91 Å². The summed E-state index contributed by atoms with van der Waals surface area (Å²) in [6.45, 7) is 7.26. The van der Waals surface area contributed by atoms with E-state index < -0.39 is 0 Å².